The van der Waals surface area contributed by atoms with Crippen LogP contribution in [0, 0.1) is 5.92 Å². The molecular weight excluding hydrogens is 400 g/mol. The molecule has 0 saturated carbocycles. The largest absolute Gasteiger partial charge is 0.411 e. The second kappa shape index (κ2) is 10.7. The van der Waals surface area contributed by atoms with Gasteiger partial charge in [-0.25, -0.2) is 0 Å². The average Bonchev–Trinajstić information content (AvgIpc) is 2.73. The normalized spacial score (nSPS) is 21.9. The van der Waals surface area contributed by atoms with E-state index < -0.39 is 8.32 Å². The minimum atomic E-state index is -1.83. The fourth-order valence-electron chi connectivity index (χ4n) is 3.57. The molecule has 0 fully saturated rings. The highest BCUT2D eigenvalue weighted by Crippen LogP contribution is 2.39. The van der Waals surface area contributed by atoms with Gasteiger partial charge in [-0.05, 0) is 35.7 Å². The third kappa shape index (κ3) is 7.14. The molecule has 2 aromatic rings. The van der Waals surface area contributed by atoms with E-state index in [9.17, 15) is 0 Å². The topological polar surface area (TPSA) is 27.7 Å². The van der Waals surface area contributed by atoms with Crippen LogP contribution in [-0.2, 0) is 27.1 Å². The summed E-state index contributed by atoms with van der Waals surface area (Å²) in [6.45, 7) is 13.4. The molecule has 1 aliphatic carbocycles. The van der Waals surface area contributed by atoms with Crippen LogP contribution >= 0.6 is 0 Å². The molecular formula is C27H38O3Si. The second-order valence-electron chi connectivity index (χ2n) is 10.1. The highest BCUT2D eigenvalue weighted by Gasteiger charge is 2.40. The number of hydrogen-bond acceptors (Lipinski definition) is 3. The van der Waals surface area contributed by atoms with Crippen LogP contribution in [-0.4, -0.2) is 27.1 Å². The van der Waals surface area contributed by atoms with Gasteiger partial charge in [-0.3, -0.25) is 0 Å². The standard InChI is InChI=1S/C27H38O3Si/c1-27(2,3)31(4,5)30-25-16-17-26(29-20-23-14-10-7-11-15-23)24(18-25)21-28-19-22-12-8-6-9-13-22/h6-17,24-26H,18-21H2,1-5H3/t24-,25-,26+/m1/s1. The van der Waals surface area contributed by atoms with Crippen LogP contribution in [0.3, 0.4) is 0 Å². The Morgan fingerprint density at radius 2 is 1.42 bits per heavy atom. The van der Waals surface area contributed by atoms with Crippen molar-refractivity contribution in [2.45, 2.75) is 70.7 Å². The summed E-state index contributed by atoms with van der Waals surface area (Å²) in [4.78, 5) is 0. The van der Waals surface area contributed by atoms with Crippen molar-refractivity contribution in [1.82, 2.24) is 0 Å². The zero-order chi connectivity index (χ0) is 22.3. The van der Waals surface area contributed by atoms with Gasteiger partial charge in [-0.1, -0.05) is 93.6 Å². The Labute approximate surface area is 189 Å². The van der Waals surface area contributed by atoms with E-state index in [-0.39, 0.29) is 23.2 Å². The van der Waals surface area contributed by atoms with Gasteiger partial charge in [-0.2, -0.15) is 0 Å². The fraction of sp³-hybridized carbons (Fsp3) is 0.481. The van der Waals surface area contributed by atoms with Crippen LogP contribution in [0.15, 0.2) is 72.8 Å². The van der Waals surface area contributed by atoms with Crippen molar-refractivity contribution in [2.75, 3.05) is 6.61 Å². The SMILES string of the molecule is CC(C)(C)[Si](C)(C)O[C@@H]1C=C[C@H](OCc2ccccc2)[C@@H](COCc2ccccc2)C1. The lowest BCUT2D eigenvalue weighted by Gasteiger charge is -2.41. The van der Waals surface area contributed by atoms with Crippen molar-refractivity contribution in [2.24, 2.45) is 5.92 Å². The summed E-state index contributed by atoms with van der Waals surface area (Å²) in [7, 11) is -1.83. The molecule has 3 nitrogen and oxygen atoms in total. The van der Waals surface area contributed by atoms with E-state index in [1.54, 1.807) is 0 Å². The van der Waals surface area contributed by atoms with Gasteiger partial charge < -0.3 is 13.9 Å². The van der Waals surface area contributed by atoms with Crippen molar-refractivity contribution in [1.29, 1.82) is 0 Å². The molecule has 0 aliphatic heterocycles. The fourth-order valence-corrected chi connectivity index (χ4v) is 4.85. The van der Waals surface area contributed by atoms with Gasteiger partial charge in [0.05, 0.1) is 32.0 Å². The zero-order valence-corrected chi connectivity index (χ0v) is 20.7. The minimum Gasteiger partial charge on any atom is -0.411 e. The first-order valence-corrected chi connectivity index (χ1v) is 14.3. The zero-order valence-electron chi connectivity index (χ0n) is 19.7. The van der Waals surface area contributed by atoms with E-state index >= 15 is 0 Å². The molecule has 0 heterocycles. The third-order valence-corrected chi connectivity index (χ3v) is 11.0. The number of rotatable bonds is 9. The molecule has 0 saturated heterocycles. The summed E-state index contributed by atoms with van der Waals surface area (Å²) in [5.41, 5.74) is 2.39. The molecule has 2 aromatic carbocycles. The van der Waals surface area contributed by atoms with Crippen molar-refractivity contribution in [3.63, 3.8) is 0 Å². The predicted molar refractivity (Wildman–Crippen MR) is 130 cm³/mol. The molecule has 1 aliphatic rings. The monoisotopic (exact) mass is 438 g/mol. The van der Waals surface area contributed by atoms with Crippen molar-refractivity contribution < 1.29 is 13.9 Å². The summed E-state index contributed by atoms with van der Waals surface area (Å²) in [6.07, 6.45) is 5.50. The molecule has 0 N–H and O–H groups in total. The Balaban J connectivity index is 1.64. The number of benzene rings is 2. The van der Waals surface area contributed by atoms with E-state index in [4.69, 9.17) is 13.9 Å². The molecule has 3 rings (SSSR count). The van der Waals surface area contributed by atoms with Crippen LogP contribution in [0.5, 0.6) is 0 Å². The van der Waals surface area contributed by atoms with Crippen LogP contribution in [0.25, 0.3) is 0 Å². The first-order chi connectivity index (χ1) is 14.7. The lowest BCUT2D eigenvalue weighted by molar-refractivity contribution is -0.0283. The quantitative estimate of drug-likeness (QED) is 0.320. The molecule has 0 radical (unpaired) electrons. The maximum absolute atomic E-state index is 6.69. The van der Waals surface area contributed by atoms with Gasteiger partial charge in [0.25, 0.3) is 0 Å². The molecule has 0 spiro atoms. The van der Waals surface area contributed by atoms with Gasteiger partial charge in [0, 0.05) is 5.92 Å². The van der Waals surface area contributed by atoms with E-state index in [0.717, 1.165) is 6.42 Å². The average molecular weight is 439 g/mol. The van der Waals surface area contributed by atoms with Gasteiger partial charge in [0.2, 0.25) is 0 Å². The number of hydrogen-bond donors (Lipinski definition) is 0. The maximum atomic E-state index is 6.69. The second-order valence-corrected chi connectivity index (χ2v) is 14.8. The van der Waals surface area contributed by atoms with Crippen molar-refractivity contribution in [3.8, 4) is 0 Å². The van der Waals surface area contributed by atoms with E-state index in [2.05, 4.69) is 94.5 Å². The van der Waals surface area contributed by atoms with Crippen molar-refractivity contribution in [3.05, 3.63) is 83.9 Å². The van der Waals surface area contributed by atoms with Crippen LogP contribution in [0.2, 0.25) is 18.1 Å². The Kier molecular flexibility index (Phi) is 8.28. The van der Waals surface area contributed by atoms with E-state index in [1.165, 1.54) is 11.1 Å². The molecule has 0 bridgehead atoms. The van der Waals surface area contributed by atoms with Crippen LogP contribution < -0.4 is 0 Å². The third-order valence-electron chi connectivity index (χ3n) is 6.50. The predicted octanol–water partition coefficient (Wildman–Crippen LogP) is 6.76. The van der Waals surface area contributed by atoms with Crippen LogP contribution in [0.4, 0.5) is 0 Å². The molecule has 0 unspecified atom stereocenters. The molecule has 4 heteroatoms. The lowest BCUT2D eigenvalue weighted by atomic mass is 9.90. The molecule has 31 heavy (non-hydrogen) atoms. The Bertz CT molecular complexity index is 811. The van der Waals surface area contributed by atoms with Gasteiger partial charge in [0.15, 0.2) is 8.32 Å². The van der Waals surface area contributed by atoms with Gasteiger partial charge in [-0.15, -0.1) is 0 Å². The first kappa shape index (κ1) is 23.9. The molecule has 0 aromatic heterocycles. The van der Waals surface area contributed by atoms with E-state index in [1.807, 2.05) is 12.1 Å². The highest BCUT2D eigenvalue weighted by atomic mass is 28.4. The molecule has 168 valence electrons. The summed E-state index contributed by atoms with van der Waals surface area (Å²) >= 11 is 0. The summed E-state index contributed by atoms with van der Waals surface area (Å²) in [5, 5.41) is 0.195. The van der Waals surface area contributed by atoms with Gasteiger partial charge in [0.1, 0.15) is 0 Å². The Morgan fingerprint density at radius 3 is 2.00 bits per heavy atom. The highest BCUT2D eigenvalue weighted by molar-refractivity contribution is 6.74. The first-order valence-electron chi connectivity index (χ1n) is 11.4. The van der Waals surface area contributed by atoms with E-state index in [0.29, 0.717) is 19.8 Å². The Hall–Kier alpha value is -1.72. The lowest BCUT2D eigenvalue weighted by Crippen LogP contribution is -2.45. The molecule has 0 amide bonds. The number of ether oxygens (including phenoxy) is 2. The minimum absolute atomic E-state index is 0.0373. The smallest absolute Gasteiger partial charge is 0.192 e. The Morgan fingerprint density at radius 1 is 0.839 bits per heavy atom. The van der Waals surface area contributed by atoms with Gasteiger partial charge >= 0.3 is 0 Å². The van der Waals surface area contributed by atoms with Crippen LogP contribution in [0.1, 0.15) is 38.3 Å². The summed E-state index contributed by atoms with van der Waals surface area (Å²) in [6, 6.07) is 20.7. The summed E-state index contributed by atoms with van der Waals surface area (Å²) in [5.74, 6) is 0.271. The maximum Gasteiger partial charge on any atom is 0.192 e. The van der Waals surface area contributed by atoms with Crippen molar-refractivity contribution >= 4 is 8.32 Å². The molecule has 3 atom stereocenters. The summed E-state index contributed by atoms with van der Waals surface area (Å²) < 4.78 is 19.1.